The Labute approximate surface area is 102 Å². The summed E-state index contributed by atoms with van der Waals surface area (Å²) in [7, 11) is 0. The lowest BCUT2D eigenvalue weighted by molar-refractivity contribution is 0.0164. The highest BCUT2D eigenvalue weighted by atomic mass is 16.5. The van der Waals surface area contributed by atoms with Crippen LogP contribution in [0.3, 0.4) is 0 Å². The van der Waals surface area contributed by atoms with E-state index in [-0.39, 0.29) is 13.2 Å². The molecule has 0 bridgehead atoms. The van der Waals surface area contributed by atoms with Gasteiger partial charge in [-0.1, -0.05) is 30.3 Å². The fourth-order valence-electron chi connectivity index (χ4n) is 1.90. The molecular formula is C14H20O3. The molecule has 94 valence electrons. The molecule has 1 aliphatic carbocycles. The Morgan fingerprint density at radius 1 is 1.12 bits per heavy atom. The van der Waals surface area contributed by atoms with Crippen molar-refractivity contribution in [3.05, 3.63) is 35.9 Å². The Morgan fingerprint density at radius 2 is 1.76 bits per heavy atom. The summed E-state index contributed by atoms with van der Waals surface area (Å²) in [5.41, 5.74) is 0.261. The van der Waals surface area contributed by atoms with Crippen LogP contribution in [0.4, 0.5) is 0 Å². The average Bonchev–Trinajstić information content (AvgIpc) is 3.20. The van der Waals surface area contributed by atoms with Crippen molar-refractivity contribution in [1.82, 2.24) is 0 Å². The Morgan fingerprint density at radius 3 is 2.29 bits per heavy atom. The quantitative estimate of drug-likeness (QED) is 0.751. The molecule has 0 spiro atoms. The standard InChI is InChI=1S/C14H20O3/c15-9-14(10-16,11-17-8-12-6-7-12)13-4-2-1-3-5-13/h1-5,12,15-16H,6-11H2. The molecule has 0 radical (unpaired) electrons. The van der Waals surface area contributed by atoms with Gasteiger partial charge in [-0.2, -0.15) is 0 Å². The van der Waals surface area contributed by atoms with Crippen LogP contribution in [0.5, 0.6) is 0 Å². The minimum atomic E-state index is -0.670. The Bertz CT molecular complexity index is 329. The Balaban J connectivity index is 2.01. The van der Waals surface area contributed by atoms with Crippen LogP contribution >= 0.6 is 0 Å². The van der Waals surface area contributed by atoms with Gasteiger partial charge in [0, 0.05) is 6.61 Å². The minimum Gasteiger partial charge on any atom is -0.395 e. The maximum absolute atomic E-state index is 9.57. The molecule has 0 saturated heterocycles. The lowest BCUT2D eigenvalue weighted by Crippen LogP contribution is -2.40. The third kappa shape index (κ3) is 3.06. The second-order valence-electron chi connectivity index (χ2n) is 4.92. The van der Waals surface area contributed by atoms with Crippen molar-refractivity contribution in [2.24, 2.45) is 5.92 Å². The summed E-state index contributed by atoms with van der Waals surface area (Å²) in [6.45, 7) is 0.922. The van der Waals surface area contributed by atoms with Gasteiger partial charge in [-0.3, -0.25) is 0 Å². The first kappa shape index (κ1) is 12.6. The molecule has 3 heteroatoms. The van der Waals surface area contributed by atoms with Crippen LogP contribution in [-0.2, 0) is 10.2 Å². The highest BCUT2D eigenvalue weighted by Crippen LogP contribution is 2.30. The second kappa shape index (κ2) is 5.63. The van der Waals surface area contributed by atoms with Crippen molar-refractivity contribution in [1.29, 1.82) is 0 Å². The number of ether oxygens (including phenoxy) is 1. The molecule has 0 aromatic heterocycles. The van der Waals surface area contributed by atoms with Crippen LogP contribution in [0.15, 0.2) is 30.3 Å². The Hall–Kier alpha value is -0.900. The molecule has 1 aliphatic rings. The first-order valence-corrected chi connectivity index (χ1v) is 6.16. The molecule has 1 fully saturated rings. The number of hydrogen-bond acceptors (Lipinski definition) is 3. The zero-order valence-electron chi connectivity index (χ0n) is 10.0. The average molecular weight is 236 g/mol. The lowest BCUT2D eigenvalue weighted by atomic mass is 9.83. The van der Waals surface area contributed by atoms with Crippen molar-refractivity contribution in [3.63, 3.8) is 0 Å². The molecule has 0 atom stereocenters. The van der Waals surface area contributed by atoms with Crippen LogP contribution in [0.1, 0.15) is 18.4 Å². The molecule has 0 unspecified atom stereocenters. The van der Waals surface area contributed by atoms with Crippen molar-refractivity contribution >= 4 is 0 Å². The van der Waals surface area contributed by atoms with Gasteiger partial charge >= 0.3 is 0 Å². The number of aliphatic hydroxyl groups excluding tert-OH is 2. The molecule has 2 rings (SSSR count). The molecule has 0 aliphatic heterocycles. The molecule has 1 aromatic carbocycles. The molecular weight excluding hydrogens is 216 g/mol. The minimum absolute atomic E-state index is 0.0990. The largest absolute Gasteiger partial charge is 0.395 e. The number of aliphatic hydroxyl groups is 2. The van der Waals surface area contributed by atoms with E-state index in [9.17, 15) is 10.2 Å². The molecule has 0 amide bonds. The van der Waals surface area contributed by atoms with E-state index in [1.54, 1.807) is 0 Å². The molecule has 3 nitrogen and oxygen atoms in total. The van der Waals surface area contributed by atoms with E-state index in [4.69, 9.17) is 4.74 Å². The summed E-state index contributed by atoms with van der Waals surface area (Å²) in [4.78, 5) is 0. The SMILES string of the molecule is OCC(CO)(COCC1CC1)c1ccccc1. The predicted molar refractivity (Wildman–Crippen MR) is 65.8 cm³/mol. The van der Waals surface area contributed by atoms with E-state index in [0.717, 1.165) is 12.2 Å². The lowest BCUT2D eigenvalue weighted by Gasteiger charge is -2.30. The van der Waals surface area contributed by atoms with Gasteiger partial charge in [0.2, 0.25) is 0 Å². The monoisotopic (exact) mass is 236 g/mol. The van der Waals surface area contributed by atoms with Gasteiger partial charge in [-0.15, -0.1) is 0 Å². The van der Waals surface area contributed by atoms with E-state index < -0.39 is 5.41 Å². The third-order valence-electron chi connectivity index (χ3n) is 3.42. The van der Waals surface area contributed by atoms with Crippen LogP contribution in [0, 0.1) is 5.92 Å². The zero-order chi connectivity index (χ0) is 12.1. The first-order chi connectivity index (χ1) is 8.30. The number of rotatable bonds is 7. The van der Waals surface area contributed by atoms with E-state index in [1.807, 2.05) is 30.3 Å². The van der Waals surface area contributed by atoms with Gasteiger partial charge in [-0.05, 0) is 24.3 Å². The summed E-state index contributed by atoms with van der Waals surface area (Å²) < 4.78 is 5.64. The second-order valence-corrected chi connectivity index (χ2v) is 4.92. The highest BCUT2D eigenvalue weighted by Gasteiger charge is 2.32. The molecule has 17 heavy (non-hydrogen) atoms. The van der Waals surface area contributed by atoms with E-state index >= 15 is 0 Å². The van der Waals surface area contributed by atoms with Crippen molar-refractivity contribution in [2.75, 3.05) is 26.4 Å². The van der Waals surface area contributed by atoms with E-state index in [0.29, 0.717) is 12.5 Å². The third-order valence-corrected chi connectivity index (χ3v) is 3.42. The van der Waals surface area contributed by atoms with Crippen molar-refractivity contribution in [2.45, 2.75) is 18.3 Å². The zero-order valence-corrected chi connectivity index (χ0v) is 10.0. The van der Waals surface area contributed by atoms with E-state index in [2.05, 4.69) is 0 Å². The Kier molecular flexibility index (Phi) is 4.15. The fraction of sp³-hybridized carbons (Fsp3) is 0.571. The normalized spacial score (nSPS) is 16.1. The molecule has 1 aromatic rings. The van der Waals surface area contributed by atoms with Crippen LogP contribution < -0.4 is 0 Å². The van der Waals surface area contributed by atoms with Gasteiger partial charge in [0.05, 0.1) is 25.2 Å². The maximum atomic E-state index is 9.57. The van der Waals surface area contributed by atoms with Gasteiger partial charge in [-0.25, -0.2) is 0 Å². The number of benzene rings is 1. The summed E-state index contributed by atoms with van der Waals surface area (Å²) in [6, 6.07) is 9.60. The van der Waals surface area contributed by atoms with Gasteiger partial charge in [0.25, 0.3) is 0 Å². The summed E-state index contributed by atoms with van der Waals surface area (Å²) in [6.07, 6.45) is 2.49. The molecule has 0 heterocycles. The first-order valence-electron chi connectivity index (χ1n) is 6.16. The molecule has 2 N–H and O–H groups in total. The summed E-state index contributed by atoms with van der Waals surface area (Å²) in [5, 5.41) is 19.1. The molecule has 1 saturated carbocycles. The summed E-state index contributed by atoms with van der Waals surface area (Å²) in [5.74, 6) is 0.695. The van der Waals surface area contributed by atoms with Crippen LogP contribution in [0.25, 0.3) is 0 Å². The topological polar surface area (TPSA) is 49.7 Å². The summed E-state index contributed by atoms with van der Waals surface area (Å²) >= 11 is 0. The number of hydrogen-bond donors (Lipinski definition) is 2. The van der Waals surface area contributed by atoms with Crippen LogP contribution in [-0.4, -0.2) is 36.6 Å². The predicted octanol–water partition coefficient (Wildman–Crippen LogP) is 1.34. The van der Waals surface area contributed by atoms with Crippen LogP contribution in [0.2, 0.25) is 0 Å². The van der Waals surface area contributed by atoms with E-state index in [1.165, 1.54) is 12.8 Å². The van der Waals surface area contributed by atoms with Crippen molar-refractivity contribution in [3.8, 4) is 0 Å². The maximum Gasteiger partial charge on any atom is 0.0648 e. The van der Waals surface area contributed by atoms with Gasteiger partial charge in [0.1, 0.15) is 0 Å². The van der Waals surface area contributed by atoms with Crippen molar-refractivity contribution < 1.29 is 14.9 Å². The smallest absolute Gasteiger partial charge is 0.0648 e. The fourth-order valence-corrected chi connectivity index (χ4v) is 1.90. The van der Waals surface area contributed by atoms with Gasteiger partial charge in [0.15, 0.2) is 0 Å². The van der Waals surface area contributed by atoms with Gasteiger partial charge < -0.3 is 14.9 Å². The highest BCUT2D eigenvalue weighted by molar-refractivity contribution is 5.26.